The summed E-state index contributed by atoms with van der Waals surface area (Å²) in [6, 6.07) is 69.3. The molecule has 9 aromatic rings. The van der Waals surface area contributed by atoms with Crippen LogP contribution in [0, 0.1) is 6.92 Å². The van der Waals surface area contributed by atoms with E-state index in [0.717, 1.165) is 17.1 Å². The molecular formula is C57H45NS. The molecule has 0 aliphatic heterocycles. The Kier molecular flexibility index (Phi) is 9.23. The van der Waals surface area contributed by atoms with Gasteiger partial charge in [-0.25, -0.2) is 0 Å². The predicted molar refractivity (Wildman–Crippen MR) is 255 cm³/mol. The average Bonchev–Trinajstić information content (AvgIpc) is 3.72. The van der Waals surface area contributed by atoms with E-state index < -0.39 is 0 Å². The Labute approximate surface area is 352 Å². The fourth-order valence-electron chi connectivity index (χ4n) is 8.99. The third kappa shape index (κ3) is 6.60. The molecule has 1 aliphatic rings. The zero-order valence-electron chi connectivity index (χ0n) is 33.9. The van der Waals surface area contributed by atoms with Crippen molar-refractivity contribution >= 4 is 44.6 Å². The van der Waals surface area contributed by atoms with Gasteiger partial charge in [0.15, 0.2) is 0 Å². The van der Waals surface area contributed by atoms with Crippen molar-refractivity contribution in [3.05, 3.63) is 216 Å². The first-order chi connectivity index (χ1) is 28.9. The van der Waals surface area contributed by atoms with E-state index in [4.69, 9.17) is 0 Å². The fraction of sp³-hybridized carbons (Fsp3) is 0.0877. The van der Waals surface area contributed by atoms with Gasteiger partial charge in [-0.15, -0.1) is 11.3 Å². The normalized spacial score (nSPS) is 12.8. The van der Waals surface area contributed by atoms with Crippen LogP contribution in [-0.2, 0) is 5.41 Å². The summed E-state index contributed by atoms with van der Waals surface area (Å²) >= 11 is 1.86. The fourth-order valence-corrected chi connectivity index (χ4v) is 10.2. The number of nitrogens with zero attached hydrogens (tertiary/aromatic N) is 1. The van der Waals surface area contributed by atoms with Crippen molar-refractivity contribution in [2.24, 2.45) is 0 Å². The number of hydrogen-bond donors (Lipinski definition) is 0. The number of hydrogen-bond acceptors (Lipinski definition) is 2. The number of aryl methyl sites for hydroxylation is 1. The summed E-state index contributed by atoms with van der Waals surface area (Å²) in [5, 5.41) is 1.33. The molecule has 8 aromatic carbocycles. The Morgan fingerprint density at radius 3 is 1.63 bits per heavy atom. The minimum Gasteiger partial charge on any atom is -0.310 e. The molecule has 0 amide bonds. The topological polar surface area (TPSA) is 3.24 Å². The maximum Gasteiger partial charge on any atom is 0.0467 e. The lowest BCUT2D eigenvalue weighted by Crippen LogP contribution is -2.14. The van der Waals surface area contributed by atoms with Crippen LogP contribution in [0.4, 0.5) is 17.1 Å². The second kappa shape index (κ2) is 14.9. The lowest BCUT2D eigenvalue weighted by Gasteiger charge is -2.26. The number of rotatable bonds is 8. The van der Waals surface area contributed by atoms with Crippen molar-refractivity contribution in [2.45, 2.75) is 33.1 Å². The summed E-state index contributed by atoms with van der Waals surface area (Å²) in [7, 11) is 0. The molecule has 1 aliphatic carbocycles. The molecule has 2 heteroatoms. The van der Waals surface area contributed by atoms with E-state index in [1.165, 1.54) is 87.3 Å². The highest BCUT2D eigenvalue weighted by atomic mass is 32.1. The molecule has 0 bridgehead atoms. The van der Waals surface area contributed by atoms with Crippen molar-refractivity contribution in [3.63, 3.8) is 0 Å². The van der Waals surface area contributed by atoms with E-state index in [-0.39, 0.29) is 5.41 Å². The third-order valence-electron chi connectivity index (χ3n) is 12.2. The minimum absolute atomic E-state index is 0.0139. The largest absolute Gasteiger partial charge is 0.310 e. The quantitative estimate of drug-likeness (QED) is 0.149. The van der Waals surface area contributed by atoms with Gasteiger partial charge in [-0.2, -0.15) is 0 Å². The van der Waals surface area contributed by atoms with E-state index in [9.17, 15) is 0 Å². The first-order valence-electron chi connectivity index (χ1n) is 20.5. The summed E-state index contributed by atoms with van der Waals surface area (Å²) in [5.74, 6) is 0. The Hall–Kier alpha value is -6.74. The molecular weight excluding hydrogens is 731 g/mol. The maximum absolute atomic E-state index is 2.38. The summed E-state index contributed by atoms with van der Waals surface area (Å²) in [4.78, 5) is 3.70. The minimum atomic E-state index is 0.0139. The van der Waals surface area contributed by atoms with Gasteiger partial charge in [0.1, 0.15) is 0 Å². The molecule has 0 spiro atoms. The second-order valence-corrected chi connectivity index (χ2v) is 17.2. The molecule has 0 unspecified atom stereocenters. The van der Waals surface area contributed by atoms with E-state index in [0.29, 0.717) is 0 Å². The molecule has 1 heterocycles. The van der Waals surface area contributed by atoms with Crippen molar-refractivity contribution in [1.82, 2.24) is 0 Å². The monoisotopic (exact) mass is 775 g/mol. The van der Waals surface area contributed by atoms with Crippen LogP contribution in [0.25, 0.3) is 71.8 Å². The number of thiophene rings is 1. The zero-order valence-corrected chi connectivity index (χ0v) is 34.7. The summed E-state index contributed by atoms with van der Waals surface area (Å²) in [6.07, 6.45) is 4.34. The van der Waals surface area contributed by atoms with Crippen LogP contribution < -0.4 is 4.90 Å². The van der Waals surface area contributed by atoms with Crippen LogP contribution in [0.5, 0.6) is 0 Å². The highest BCUT2D eigenvalue weighted by molar-refractivity contribution is 7.20. The number of fused-ring (bicyclic) bond motifs is 4. The lowest BCUT2D eigenvalue weighted by molar-refractivity contribution is 0.660. The van der Waals surface area contributed by atoms with Gasteiger partial charge >= 0.3 is 0 Å². The highest BCUT2D eigenvalue weighted by Crippen LogP contribution is 2.49. The van der Waals surface area contributed by atoms with Crippen LogP contribution in [-0.4, -0.2) is 0 Å². The molecule has 0 saturated heterocycles. The van der Waals surface area contributed by atoms with Crippen LogP contribution in [0.15, 0.2) is 194 Å². The Morgan fingerprint density at radius 2 is 0.949 bits per heavy atom. The van der Waals surface area contributed by atoms with E-state index in [1.807, 2.05) is 11.3 Å². The first kappa shape index (κ1) is 36.6. The van der Waals surface area contributed by atoms with Gasteiger partial charge < -0.3 is 4.90 Å². The smallest absolute Gasteiger partial charge is 0.0467 e. The number of allylic oxidation sites excluding steroid dienone is 1. The Bertz CT molecular complexity index is 3000. The van der Waals surface area contributed by atoms with Crippen LogP contribution in [0.1, 0.15) is 42.3 Å². The average molecular weight is 776 g/mol. The molecule has 0 N–H and O–H groups in total. The molecule has 1 nitrogen and oxygen atoms in total. The van der Waals surface area contributed by atoms with Gasteiger partial charge in [0.2, 0.25) is 0 Å². The Morgan fingerprint density at radius 1 is 0.441 bits per heavy atom. The van der Waals surface area contributed by atoms with Crippen molar-refractivity contribution < 1.29 is 0 Å². The van der Waals surface area contributed by atoms with Gasteiger partial charge in [-0.3, -0.25) is 0 Å². The van der Waals surface area contributed by atoms with Crippen molar-refractivity contribution in [2.75, 3.05) is 4.90 Å². The van der Waals surface area contributed by atoms with Crippen LogP contribution in [0.3, 0.4) is 0 Å². The molecule has 10 rings (SSSR count). The van der Waals surface area contributed by atoms with E-state index in [2.05, 4.69) is 233 Å². The molecule has 0 radical (unpaired) electrons. The van der Waals surface area contributed by atoms with Gasteiger partial charge in [0.25, 0.3) is 0 Å². The van der Waals surface area contributed by atoms with Crippen molar-refractivity contribution in [3.8, 4) is 55.6 Å². The Balaban J connectivity index is 0.968. The van der Waals surface area contributed by atoms with E-state index in [1.54, 1.807) is 0 Å². The van der Waals surface area contributed by atoms with Gasteiger partial charge in [-0.05, 0) is 152 Å². The highest BCUT2D eigenvalue weighted by Gasteiger charge is 2.35. The maximum atomic E-state index is 2.38. The molecule has 59 heavy (non-hydrogen) atoms. The van der Waals surface area contributed by atoms with Crippen LogP contribution >= 0.6 is 11.3 Å². The lowest BCUT2D eigenvalue weighted by atomic mass is 9.82. The summed E-state index contributed by atoms with van der Waals surface area (Å²) in [5.41, 5.74) is 19.9. The SMILES string of the molecule is C/C=C\c1sc2ccc(-c3ccc(N(c4ccc(-c5ccc(-c6ccc7c(c6)-c6ccccc6C7(C)C)cc5)cc4)c4cccc(-c5ccccc5)c4)cc3)cc2c1C. The molecule has 0 fully saturated rings. The zero-order chi connectivity index (χ0) is 40.1. The van der Waals surface area contributed by atoms with Crippen molar-refractivity contribution in [1.29, 1.82) is 0 Å². The molecule has 284 valence electrons. The third-order valence-corrected chi connectivity index (χ3v) is 13.5. The van der Waals surface area contributed by atoms with E-state index >= 15 is 0 Å². The van der Waals surface area contributed by atoms with Gasteiger partial charge in [0, 0.05) is 32.1 Å². The summed E-state index contributed by atoms with van der Waals surface area (Å²) in [6.45, 7) is 8.99. The van der Waals surface area contributed by atoms with Gasteiger partial charge in [0.05, 0.1) is 0 Å². The van der Waals surface area contributed by atoms with Gasteiger partial charge in [-0.1, -0.05) is 153 Å². The van der Waals surface area contributed by atoms with Crippen LogP contribution in [0.2, 0.25) is 0 Å². The molecule has 0 atom stereocenters. The first-order valence-corrected chi connectivity index (χ1v) is 21.3. The standard InChI is InChI=1S/C57H45NS/c1-5-12-55-38(2)51-36-46(28-34-56(51)59-55)43-25-31-48(32-26-43)58(49-16-11-15-44(35-49)39-13-7-6-8-14-39)47-29-23-41(24-30-47)40-19-21-42(22-20-40)45-27-33-54-52(37-45)50-17-9-10-18-53(50)57(54,3)4/h5-37H,1-4H3/b12-5-. The number of benzene rings is 8. The summed E-state index contributed by atoms with van der Waals surface area (Å²) < 4.78 is 1.33. The second-order valence-electron chi connectivity index (χ2n) is 16.2. The predicted octanol–water partition coefficient (Wildman–Crippen LogP) is 16.7. The number of anilines is 3. The molecule has 1 aromatic heterocycles. The molecule has 0 saturated carbocycles.